The summed E-state index contributed by atoms with van der Waals surface area (Å²) in [5.74, 6) is -0.354. The molecule has 1 aliphatic heterocycles. The maximum absolute atomic E-state index is 12.9. The van der Waals surface area contributed by atoms with Crippen molar-refractivity contribution in [2.75, 3.05) is 47.4 Å². The summed E-state index contributed by atoms with van der Waals surface area (Å²) in [6.45, 7) is 1.86. The van der Waals surface area contributed by atoms with E-state index in [1.165, 1.54) is 28.4 Å². The predicted octanol–water partition coefficient (Wildman–Crippen LogP) is 0.644. The molecule has 0 atom stereocenters. The fraction of sp³-hybridized carbons (Fsp3) is 0.500. The largest absolute Gasteiger partial charge is 0.494 e. The SMILES string of the molecule is COc1c(C(=O)N(C)C)cc(Cl)cc1S(=O)(=O)N1CCNCC1. The van der Waals surface area contributed by atoms with Crippen LogP contribution in [-0.4, -0.2) is 70.9 Å². The highest BCUT2D eigenvalue weighted by atomic mass is 35.5. The monoisotopic (exact) mass is 361 g/mol. The first kappa shape index (κ1) is 18.0. The minimum atomic E-state index is -3.80. The quantitative estimate of drug-likeness (QED) is 0.851. The first-order chi connectivity index (χ1) is 10.8. The number of halogens is 1. The lowest BCUT2D eigenvalue weighted by molar-refractivity contribution is 0.0823. The van der Waals surface area contributed by atoms with Crippen LogP contribution >= 0.6 is 11.6 Å². The zero-order valence-electron chi connectivity index (χ0n) is 13.3. The van der Waals surface area contributed by atoms with Gasteiger partial charge in [0.25, 0.3) is 5.91 Å². The molecule has 9 heteroatoms. The Morgan fingerprint density at radius 1 is 1.30 bits per heavy atom. The second-order valence-electron chi connectivity index (χ2n) is 5.34. The minimum absolute atomic E-state index is 0.0200. The van der Waals surface area contributed by atoms with Gasteiger partial charge in [0.05, 0.1) is 12.7 Å². The molecule has 0 saturated carbocycles. The number of nitrogens with zero attached hydrogens (tertiary/aromatic N) is 2. The zero-order valence-corrected chi connectivity index (χ0v) is 14.9. The molecule has 0 aromatic heterocycles. The highest BCUT2D eigenvalue weighted by Crippen LogP contribution is 2.34. The molecular weight excluding hydrogens is 342 g/mol. The van der Waals surface area contributed by atoms with Crippen LogP contribution in [0.1, 0.15) is 10.4 Å². The van der Waals surface area contributed by atoms with E-state index in [9.17, 15) is 13.2 Å². The molecule has 0 aliphatic carbocycles. The van der Waals surface area contributed by atoms with Gasteiger partial charge in [-0.2, -0.15) is 4.31 Å². The Morgan fingerprint density at radius 2 is 1.91 bits per heavy atom. The summed E-state index contributed by atoms with van der Waals surface area (Å²) in [6, 6.07) is 2.74. The zero-order chi connectivity index (χ0) is 17.2. The van der Waals surface area contributed by atoms with E-state index in [1.54, 1.807) is 14.1 Å². The van der Waals surface area contributed by atoms with Crippen molar-refractivity contribution in [3.8, 4) is 5.75 Å². The first-order valence-electron chi connectivity index (χ1n) is 7.09. The number of hydrogen-bond donors (Lipinski definition) is 1. The molecule has 1 fully saturated rings. The van der Waals surface area contributed by atoms with E-state index < -0.39 is 10.0 Å². The number of hydrogen-bond acceptors (Lipinski definition) is 5. The van der Waals surface area contributed by atoms with Gasteiger partial charge in [0.15, 0.2) is 5.75 Å². The van der Waals surface area contributed by atoms with Crippen molar-refractivity contribution < 1.29 is 17.9 Å². The van der Waals surface area contributed by atoms with Crippen LogP contribution in [0.15, 0.2) is 17.0 Å². The number of piperazine rings is 1. The van der Waals surface area contributed by atoms with E-state index in [0.29, 0.717) is 26.2 Å². The topological polar surface area (TPSA) is 79.0 Å². The van der Waals surface area contributed by atoms with E-state index in [-0.39, 0.29) is 27.1 Å². The fourth-order valence-corrected chi connectivity index (χ4v) is 4.32. The number of rotatable bonds is 4. The lowest BCUT2D eigenvalue weighted by atomic mass is 10.2. The molecule has 2 rings (SSSR count). The maximum atomic E-state index is 12.9. The van der Waals surface area contributed by atoms with Gasteiger partial charge in [-0.1, -0.05) is 11.6 Å². The lowest BCUT2D eigenvalue weighted by Crippen LogP contribution is -2.46. The Labute approximate surface area is 141 Å². The number of sulfonamides is 1. The van der Waals surface area contributed by atoms with Gasteiger partial charge in [0.1, 0.15) is 4.90 Å². The number of amides is 1. The molecule has 1 aromatic carbocycles. The van der Waals surface area contributed by atoms with Gasteiger partial charge in [-0.15, -0.1) is 0 Å². The summed E-state index contributed by atoms with van der Waals surface area (Å²) in [5.41, 5.74) is 0.124. The Bertz CT molecular complexity index is 700. The molecule has 0 bridgehead atoms. The van der Waals surface area contributed by atoms with Crippen LogP contribution in [0.2, 0.25) is 5.02 Å². The van der Waals surface area contributed by atoms with E-state index in [1.807, 2.05) is 0 Å². The molecule has 0 spiro atoms. The number of carbonyl (C=O) groups is 1. The summed E-state index contributed by atoms with van der Waals surface area (Å²) in [7, 11) is 0.697. The molecule has 1 N–H and O–H groups in total. The van der Waals surface area contributed by atoms with Gasteiger partial charge >= 0.3 is 0 Å². The van der Waals surface area contributed by atoms with Gasteiger partial charge in [-0.25, -0.2) is 8.42 Å². The first-order valence-corrected chi connectivity index (χ1v) is 8.91. The maximum Gasteiger partial charge on any atom is 0.257 e. The third kappa shape index (κ3) is 3.60. The number of methoxy groups -OCH3 is 1. The summed E-state index contributed by atoms with van der Waals surface area (Å²) < 4.78 is 32.4. The second-order valence-corrected chi connectivity index (χ2v) is 7.68. The Balaban J connectivity index is 2.59. The molecule has 0 radical (unpaired) electrons. The molecule has 128 valence electrons. The number of nitrogens with one attached hydrogen (secondary N) is 1. The molecule has 23 heavy (non-hydrogen) atoms. The van der Waals surface area contributed by atoms with Crippen LogP contribution in [0, 0.1) is 0 Å². The lowest BCUT2D eigenvalue weighted by Gasteiger charge is -2.27. The highest BCUT2D eigenvalue weighted by Gasteiger charge is 2.32. The highest BCUT2D eigenvalue weighted by molar-refractivity contribution is 7.89. The van der Waals surface area contributed by atoms with Crippen LogP contribution in [0.3, 0.4) is 0 Å². The summed E-state index contributed by atoms with van der Waals surface area (Å²) in [5, 5.41) is 3.27. The predicted molar refractivity (Wildman–Crippen MR) is 87.7 cm³/mol. The van der Waals surface area contributed by atoms with Crippen molar-refractivity contribution >= 4 is 27.5 Å². The van der Waals surface area contributed by atoms with Crippen LogP contribution in [0.4, 0.5) is 0 Å². The van der Waals surface area contributed by atoms with Crippen molar-refractivity contribution in [1.82, 2.24) is 14.5 Å². The molecule has 1 amide bonds. The molecule has 1 aliphatic rings. The van der Waals surface area contributed by atoms with E-state index in [4.69, 9.17) is 16.3 Å². The van der Waals surface area contributed by atoms with E-state index >= 15 is 0 Å². The molecule has 0 unspecified atom stereocenters. The van der Waals surface area contributed by atoms with Crippen LogP contribution in [0.5, 0.6) is 5.75 Å². The smallest absolute Gasteiger partial charge is 0.257 e. The Morgan fingerprint density at radius 3 is 2.43 bits per heavy atom. The van der Waals surface area contributed by atoms with Gasteiger partial charge in [0.2, 0.25) is 10.0 Å². The normalized spacial score (nSPS) is 16.2. The van der Waals surface area contributed by atoms with Gasteiger partial charge in [-0.3, -0.25) is 4.79 Å². The third-order valence-corrected chi connectivity index (χ3v) is 5.68. The second kappa shape index (κ2) is 7.04. The molecule has 1 saturated heterocycles. The van der Waals surface area contributed by atoms with Crippen molar-refractivity contribution in [2.45, 2.75) is 4.90 Å². The summed E-state index contributed by atoms with van der Waals surface area (Å²) in [4.78, 5) is 13.6. The van der Waals surface area contributed by atoms with E-state index in [0.717, 1.165) is 0 Å². The molecular formula is C14H20ClN3O4S. The molecule has 1 heterocycles. The average Bonchev–Trinajstić information content (AvgIpc) is 2.54. The van der Waals surface area contributed by atoms with Crippen LogP contribution in [0.25, 0.3) is 0 Å². The van der Waals surface area contributed by atoms with Gasteiger partial charge < -0.3 is 15.0 Å². The minimum Gasteiger partial charge on any atom is -0.494 e. The van der Waals surface area contributed by atoms with Crippen molar-refractivity contribution in [1.29, 1.82) is 0 Å². The standard InChI is InChI=1S/C14H20ClN3O4S/c1-17(2)14(19)11-8-10(15)9-12(13(11)22-3)23(20,21)18-6-4-16-5-7-18/h8-9,16H,4-7H2,1-3H3. The number of benzene rings is 1. The van der Waals surface area contributed by atoms with Crippen molar-refractivity contribution in [2.24, 2.45) is 0 Å². The Hall–Kier alpha value is -1.35. The summed E-state index contributed by atoms with van der Waals surface area (Å²) in [6.07, 6.45) is 0. The Kier molecular flexibility index (Phi) is 5.51. The van der Waals surface area contributed by atoms with Gasteiger partial charge in [-0.05, 0) is 12.1 Å². The molecule has 7 nitrogen and oxygen atoms in total. The fourth-order valence-electron chi connectivity index (χ4n) is 2.39. The van der Waals surface area contributed by atoms with Crippen LogP contribution in [-0.2, 0) is 10.0 Å². The number of ether oxygens (including phenoxy) is 1. The van der Waals surface area contributed by atoms with Gasteiger partial charge in [0, 0.05) is 45.3 Å². The van der Waals surface area contributed by atoms with Crippen molar-refractivity contribution in [3.05, 3.63) is 22.7 Å². The molecule has 1 aromatic rings. The average molecular weight is 362 g/mol. The van der Waals surface area contributed by atoms with E-state index in [2.05, 4.69) is 5.32 Å². The summed E-state index contributed by atoms with van der Waals surface area (Å²) >= 11 is 6.05. The van der Waals surface area contributed by atoms with Crippen LogP contribution < -0.4 is 10.1 Å². The van der Waals surface area contributed by atoms with Crippen molar-refractivity contribution in [3.63, 3.8) is 0 Å². The third-order valence-electron chi connectivity index (χ3n) is 3.55. The number of carbonyl (C=O) groups excluding carboxylic acids is 1.